The van der Waals surface area contributed by atoms with Gasteiger partial charge in [-0.25, -0.2) is 0 Å². The molecule has 0 aliphatic carbocycles. The van der Waals surface area contributed by atoms with E-state index in [0.29, 0.717) is 18.2 Å². The molecule has 0 aliphatic heterocycles. The highest BCUT2D eigenvalue weighted by Crippen LogP contribution is 2.34. The summed E-state index contributed by atoms with van der Waals surface area (Å²) < 4.78 is 0. The molecule has 0 unspecified atom stereocenters. The summed E-state index contributed by atoms with van der Waals surface area (Å²) in [5.74, 6) is 0.366. The van der Waals surface area contributed by atoms with Crippen molar-refractivity contribution in [1.82, 2.24) is 4.90 Å². The van der Waals surface area contributed by atoms with Gasteiger partial charge >= 0.3 is 0 Å². The molecule has 0 aromatic carbocycles. The smallest absolute Gasteiger partial charge is 0.138 e. The predicted octanol–water partition coefficient (Wildman–Crippen LogP) is 3.89. The third kappa shape index (κ3) is 4.42. The summed E-state index contributed by atoms with van der Waals surface area (Å²) in [4.78, 5) is 14.4. The van der Waals surface area contributed by atoms with E-state index < -0.39 is 0 Å². The fourth-order valence-electron chi connectivity index (χ4n) is 3.25. The molecule has 2 nitrogen and oxygen atoms in total. The molecule has 0 atom stereocenters. The standard InChI is InChI=1S/C15H31NO/c1-9-13(17)14(5,6)11-15(7,8)16(10-2)12(3)4/h12H,9-11H2,1-8H3. The number of hydrogen-bond acceptors (Lipinski definition) is 2. The minimum absolute atomic E-state index is 0.0667. The van der Waals surface area contributed by atoms with Crippen LogP contribution in [0.2, 0.25) is 0 Å². The van der Waals surface area contributed by atoms with Crippen LogP contribution in [-0.4, -0.2) is 28.8 Å². The molecule has 0 aromatic heterocycles. The van der Waals surface area contributed by atoms with E-state index in [-0.39, 0.29) is 11.0 Å². The largest absolute Gasteiger partial charge is 0.299 e. The molecule has 0 bridgehead atoms. The van der Waals surface area contributed by atoms with Crippen LogP contribution in [0.5, 0.6) is 0 Å². The zero-order valence-electron chi connectivity index (χ0n) is 13.1. The van der Waals surface area contributed by atoms with Gasteiger partial charge in [0, 0.05) is 23.4 Å². The summed E-state index contributed by atoms with van der Waals surface area (Å²) in [6.07, 6.45) is 1.55. The van der Waals surface area contributed by atoms with Gasteiger partial charge in [-0.3, -0.25) is 9.69 Å². The van der Waals surface area contributed by atoms with Crippen LogP contribution in [-0.2, 0) is 4.79 Å². The maximum atomic E-state index is 12.0. The first-order valence-electron chi connectivity index (χ1n) is 6.88. The van der Waals surface area contributed by atoms with Crippen LogP contribution in [0.3, 0.4) is 0 Å². The lowest BCUT2D eigenvalue weighted by atomic mass is 9.75. The van der Waals surface area contributed by atoms with E-state index in [1.165, 1.54) is 0 Å². The second-order valence-corrected chi connectivity index (χ2v) is 6.53. The van der Waals surface area contributed by atoms with Crippen molar-refractivity contribution in [1.29, 1.82) is 0 Å². The van der Waals surface area contributed by atoms with E-state index in [2.05, 4.69) is 53.4 Å². The summed E-state index contributed by atoms with van der Waals surface area (Å²) in [5.41, 5.74) is -0.155. The van der Waals surface area contributed by atoms with Gasteiger partial charge in [0.2, 0.25) is 0 Å². The second-order valence-electron chi connectivity index (χ2n) is 6.53. The Labute approximate surface area is 108 Å². The van der Waals surface area contributed by atoms with Crippen molar-refractivity contribution in [3.8, 4) is 0 Å². The van der Waals surface area contributed by atoms with Crippen LogP contribution in [0.1, 0.15) is 68.2 Å². The van der Waals surface area contributed by atoms with Crippen LogP contribution in [0.15, 0.2) is 0 Å². The Balaban J connectivity index is 4.90. The van der Waals surface area contributed by atoms with Gasteiger partial charge in [0.1, 0.15) is 5.78 Å². The van der Waals surface area contributed by atoms with E-state index in [1.54, 1.807) is 0 Å². The van der Waals surface area contributed by atoms with Gasteiger partial charge in [0.15, 0.2) is 0 Å². The Kier molecular flexibility index (Phi) is 5.86. The second kappa shape index (κ2) is 5.99. The molecule has 17 heavy (non-hydrogen) atoms. The highest BCUT2D eigenvalue weighted by Gasteiger charge is 2.37. The van der Waals surface area contributed by atoms with Crippen molar-refractivity contribution >= 4 is 5.78 Å². The maximum Gasteiger partial charge on any atom is 0.138 e. The minimum atomic E-state index is -0.222. The third-order valence-corrected chi connectivity index (χ3v) is 3.69. The van der Waals surface area contributed by atoms with Gasteiger partial charge < -0.3 is 0 Å². The number of hydrogen-bond donors (Lipinski definition) is 0. The lowest BCUT2D eigenvalue weighted by Crippen LogP contribution is -2.51. The summed E-state index contributed by atoms with van der Waals surface area (Å²) in [6.45, 7) is 18.3. The van der Waals surface area contributed by atoms with E-state index in [4.69, 9.17) is 0 Å². The van der Waals surface area contributed by atoms with Crippen LogP contribution < -0.4 is 0 Å². The average Bonchev–Trinajstić information content (AvgIpc) is 2.14. The van der Waals surface area contributed by atoms with Crippen molar-refractivity contribution in [2.24, 2.45) is 5.41 Å². The van der Waals surface area contributed by atoms with Crippen molar-refractivity contribution in [2.45, 2.75) is 79.8 Å². The van der Waals surface area contributed by atoms with Crippen molar-refractivity contribution in [3.05, 3.63) is 0 Å². The SMILES string of the molecule is CCC(=O)C(C)(C)CC(C)(C)N(CC)C(C)C. The minimum Gasteiger partial charge on any atom is -0.299 e. The molecule has 0 saturated carbocycles. The first-order chi connectivity index (χ1) is 7.58. The molecule has 0 fully saturated rings. The molecule has 102 valence electrons. The Bertz CT molecular complexity index is 254. The van der Waals surface area contributed by atoms with Crippen LogP contribution in [0, 0.1) is 5.41 Å². The van der Waals surface area contributed by atoms with Crippen molar-refractivity contribution in [3.63, 3.8) is 0 Å². The maximum absolute atomic E-state index is 12.0. The van der Waals surface area contributed by atoms with Crippen molar-refractivity contribution in [2.75, 3.05) is 6.54 Å². The number of carbonyl (C=O) groups excluding carboxylic acids is 1. The van der Waals surface area contributed by atoms with E-state index in [9.17, 15) is 4.79 Å². The Morgan fingerprint density at radius 3 is 1.88 bits per heavy atom. The van der Waals surface area contributed by atoms with Crippen molar-refractivity contribution < 1.29 is 4.79 Å². The zero-order valence-corrected chi connectivity index (χ0v) is 13.1. The summed E-state index contributed by atoms with van der Waals surface area (Å²) in [5, 5.41) is 0. The van der Waals surface area contributed by atoms with Gasteiger partial charge in [0.25, 0.3) is 0 Å². The number of ketones is 1. The normalized spacial score (nSPS) is 13.5. The average molecular weight is 241 g/mol. The molecule has 0 aliphatic rings. The summed E-state index contributed by atoms with van der Waals surface area (Å²) in [7, 11) is 0. The fourth-order valence-corrected chi connectivity index (χ4v) is 3.25. The van der Waals surface area contributed by atoms with Gasteiger partial charge in [-0.1, -0.05) is 27.7 Å². The van der Waals surface area contributed by atoms with Gasteiger partial charge in [-0.05, 0) is 40.7 Å². The van der Waals surface area contributed by atoms with E-state index in [0.717, 1.165) is 13.0 Å². The quantitative estimate of drug-likeness (QED) is 0.674. The molecular weight excluding hydrogens is 210 g/mol. The monoisotopic (exact) mass is 241 g/mol. The van der Waals surface area contributed by atoms with Gasteiger partial charge in [0.05, 0.1) is 0 Å². The number of Topliss-reactive ketones (excluding diaryl/α,β-unsaturated/α-hetero) is 1. The molecule has 0 saturated heterocycles. The van der Waals surface area contributed by atoms with E-state index >= 15 is 0 Å². The first kappa shape index (κ1) is 16.6. The Hall–Kier alpha value is -0.370. The Morgan fingerprint density at radius 2 is 1.59 bits per heavy atom. The van der Waals surface area contributed by atoms with Crippen LogP contribution in [0.25, 0.3) is 0 Å². The topological polar surface area (TPSA) is 20.3 Å². The lowest BCUT2D eigenvalue weighted by molar-refractivity contribution is -0.129. The number of rotatable bonds is 7. The highest BCUT2D eigenvalue weighted by atomic mass is 16.1. The summed E-state index contributed by atoms with van der Waals surface area (Å²) >= 11 is 0. The first-order valence-corrected chi connectivity index (χ1v) is 6.88. The molecule has 0 spiro atoms. The zero-order chi connectivity index (χ0) is 13.9. The van der Waals surface area contributed by atoms with Gasteiger partial charge in [-0.15, -0.1) is 0 Å². The molecule has 0 rings (SSSR count). The molecule has 0 radical (unpaired) electrons. The molecule has 0 N–H and O–H groups in total. The predicted molar refractivity (Wildman–Crippen MR) is 75.3 cm³/mol. The molecule has 0 heterocycles. The number of carbonyl (C=O) groups is 1. The van der Waals surface area contributed by atoms with Crippen LogP contribution >= 0.6 is 0 Å². The third-order valence-electron chi connectivity index (χ3n) is 3.69. The highest BCUT2D eigenvalue weighted by molar-refractivity contribution is 5.83. The van der Waals surface area contributed by atoms with Crippen LogP contribution in [0.4, 0.5) is 0 Å². The molecule has 2 heteroatoms. The fraction of sp³-hybridized carbons (Fsp3) is 0.933. The lowest BCUT2D eigenvalue weighted by Gasteiger charge is -2.44. The molecule has 0 aromatic rings. The number of nitrogens with zero attached hydrogens (tertiary/aromatic N) is 1. The molecular formula is C15H31NO. The Morgan fingerprint density at radius 1 is 1.12 bits per heavy atom. The van der Waals surface area contributed by atoms with E-state index in [1.807, 2.05) is 6.92 Å². The summed E-state index contributed by atoms with van der Waals surface area (Å²) in [6, 6.07) is 0.516. The molecule has 0 amide bonds. The van der Waals surface area contributed by atoms with Gasteiger partial charge in [-0.2, -0.15) is 0 Å².